The molecule has 0 aliphatic carbocycles. The van der Waals surface area contributed by atoms with E-state index in [9.17, 15) is 4.79 Å². The van der Waals surface area contributed by atoms with Gasteiger partial charge < -0.3 is 10.6 Å². The SMILES string of the molecule is Cl.Cn1nc(CC(C)(C)C)cc1NC(=O)C1(n2cccn2)CCNCC1. The van der Waals surface area contributed by atoms with Gasteiger partial charge in [-0.3, -0.25) is 14.2 Å². The van der Waals surface area contributed by atoms with Crippen molar-refractivity contribution >= 4 is 24.1 Å². The molecule has 3 rings (SSSR count). The minimum Gasteiger partial charge on any atom is -0.317 e. The van der Waals surface area contributed by atoms with Gasteiger partial charge in [0.15, 0.2) is 0 Å². The monoisotopic (exact) mass is 380 g/mol. The molecule has 0 bridgehead atoms. The first-order valence-electron chi connectivity index (χ1n) is 8.85. The first kappa shape index (κ1) is 20.5. The van der Waals surface area contributed by atoms with Crippen LogP contribution >= 0.6 is 12.4 Å². The van der Waals surface area contributed by atoms with Crippen LogP contribution in [0.25, 0.3) is 0 Å². The van der Waals surface area contributed by atoms with Crippen LogP contribution < -0.4 is 10.6 Å². The van der Waals surface area contributed by atoms with Gasteiger partial charge in [-0.15, -0.1) is 12.4 Å². The number of nitrogens with one attached hydrogen (secondary N) is 2. The highest BCUT2D eigenvalue weighted by atomic mass is 35.5. The lowest BCUT2D eigenvalue weighted by Crippen LogP contribution is -2.52. The van der Waals surface area contributed by atoms with E-state index in [4.69, 9.17) is 0 Å². The molecule has 0 unspecified atom stereocenters. The Morgan fingerprint density at radius 3 is 2.62 bits per heavy atom. The van der Waals surface area contributed by atoms with Crippen LogP contribution in [0, 0.1) is 5.41 Å². The van der Waals surface area contributed by atoms with Crippen molar-refractivity contribution in [2.24, 2.45) is 12.5 Å². The van der Waals surface area contributed by atoms with Crippen LogP contribution in [-0.4, -0.2) is 38.6 Å². The van der Waals surface area contributed by atoms with Crippen LogP contribution in [0.3, 0.4) is 0 Å². The fraction of sp³-hybridized carbons (Fsp3) is 0.611. The standard InChI is InChI=1S/C18H28N6O.ClH/c1-17(2,3)13-14-12-15(23(4)22-14)21-16(25)18(6-9-19-10-7-18)24-11-5-8-20-24;/h5,8,11-12,19H,6-7,9-10,13H2,1-4H3,(H,21,25);1H. The van der Waals surface area contributed by atoms with E-state index in [2.05, 4.69) is 41.6 Å². The van der Waals surface area contributed by atoms with Crippen molar-refractivity contribution in [2.45, 2.75) is 45.6 Å². The Morgan fingerprint density at radius 2 is 2.04 bits per heavy atom. The Bertz CT molecular complexity index is 725. The molecule has 3 heterocycles. The summed E-state index contributed by atoms with van der Waals surface area (Å²) in [6.07, 6.45) is 5.90. The van der Waals surface area contributed by atoms with Crippen molar-refractivity contribution in [3.63, 3.8) is 0 Å². The molecule has 2 N–H and O–H groups in total. The van der Waals surface area contributed by atoms with Crippen molar-refractivity contribution in [2.75, 3.05) is 18.4 Å². The fourth-order valence-corrected chi connectivity index (χ4v) is 3.43. The van der Waals surface area contributed by atoms with Gasteiger partial charge in [0, 0.05) is 25.5 Å². The van der Waals surface area contributed by atoms with Crippen molar-refractivity contribution < 1.29 is 4.79 Å². The zero-order chi connectivity index (χ0) is 18.1. The summed E-state index contributed by atoms with van der Waals surface area (Å²) in [6.45, 7) is 8.15. The predicted octanol–water partition coefficient (Wildman–Crippen LogP) is 2.34. The molecule has 144 valence electrons. The Morgan fingerprint density at radius 1 is 1.35 bits per heavy atom. The summed E-state index contributed by atoms with van der Waals surface area (Å²) in [5, 5.41) is 15.3. The molecule has 1 aliphatic rings. The first-order chi connectivity index (χ1) is 11.8. The van der Waals surface area contributed by atoms with Gasteiger partial charge in [-0.25, -0.2) is 0 Å². The number of halogens is 1. The zero-order valence-electron chi connectivity index (χ0n) is 16.0. The Labute approximate surface area is 160 Å². The summed E-state index contributed by atoms with van der Waals surface area (Å²) in [5.41, 5.74) is 0.494. The number of amides is 1. The van der Waals surface area contributed by atoms with E-state index in [1.54, 1.807) is 15.6 Å². The summed E-state index contributed by atoms with van der Waals surface area (Å²) in [5.74, 6) is 0.706. The molecule has 2 aromatic rings. The third kappa shape index (κ3) is 4.27. The Kier molecular flexibility index (Phi) is 6.13. The molecule has 1 fully saturated rings. The number of carbonyl (C=O) groups is 1. The first-order valence-corrected chi connectivity index (χ1v) is 8.85. The molecule has 0 atom stereocenters. The number of hydrogen-bond acceptors (Lipinski definition) is 4. The minimum atomic E-state index is -0.650. The lowest BCUT2D eigenvalue weighted by molar-refractivity contribution is -0.126. The molecule has 26 heavy (non-hydrogen) atoms. The molecule has 7 nitrogen and oxygen atoms in total. The van der Waals surface area contributed by atoms with Crippen molar-refractivity contribution in [1.82, 2.24) is 24.9 Å². The Balaban J connectivity index is 0.00000243. The summed E-state index contributed by atoms with van der Waals surface area (Å²) in [7, 11) is 1.87. The zero-order valence-corrected chi connectivity index (χ0v) is 16.8. The molecule has 8 heteroatoms. The van der Waals surface area contributed by atoms with Crippen LogP contribution in [-0.2, 0) is 23.8 Å². The van der Waals surface area contributed by atoms with Gasteiger partial charge in [-0.05, 0) is 43.8 Å². The average molecular weight is 381 g/mol. The summed E-state index contributed by atoms with van der Waals surface area (Å²) >= 11 is 0. The molecule has 1 amide bonds. The molecule has 0 radical (unpaired) electrons. The number of rotatable bonds is 4. The minimum absolute atomic E-state index is 0. The van der Waals surface area contributed by atoms with Crippen LogP contribution in [0.2, 0.25) is 0 Å². The van der Waals surface area contributed by atoms with Gasteiger partial charge in [0.2, 0.25) is 0 Å². The lowest BCUT2D eigenvalue weighted by atomic mass is 9.87. The van der Waals surface area contributed by atoms with Gasteiger partial charge in [0.1, 0.15) is 11.4 Å². The summed E-state index contributed by atoms with van der Waals surface area (Å²) in [4.78, 5) is 13.2. The van der Waals surface area contributed by atoms with Crippen LogP contribution in [0.5, 0.6) is 0 Å². The molecule has 2 aromatic heterocycles. The average Bonchev–Trinajstić information content (AvgIpc) is 3.17. The smallest absolute Gasteiger partial charge is 0.253 e. The second-order valence-electron chi connectivity index (χ2n) is 8.07. The molecule has 0 saturated carbocycles. The summed E-state index contributed by atoms with van der Waals surface area (Å²) in [6, 6.07) is 3.84. The molecule has 1 saturated heterocycles. The van der Waals surface area contributed by atoms with E-state index in [0.29, 0.717) is 12.8 Å². The lowest BCUT2D eigenvalue weighted by Gasteiger charge is -2.36. The van der Waals surface area contributed by atoms with Crippen LogP contribution in [0.1, 0.15) is 39.3 Å². The van der Waals surface area contributed by atoms with Crippen molar-refractivity contribution in [1.29, 1.82) is 0 Å². The number of anilines is 1. The van der Waals surface area contributed by atoms with Gasteiger partial charge in [-0.2, -0.15) is 10.2 Å². The molecule has 0 aromatic carbocycles. The van der Waals surface area contributed by atoms with Crippen LogP contribution in [0.4, 0.5) is 5.82 Å². The van der Waals surface area contributed by atoms with Crippen LogP contribution in [0.15, 0.2) is 24.5 Å². The second-order valence-corrected chi connectivity index (χ2v) is 8.07. The predicted molar refractivity (Wildman–Crippen MR) is 105 cm³/mol. The van der Waals surface area contributed by atoms with Gasteiger partial charge in [0.05, 0.1) is 5.69 Å². The fourth-order valence-electron chi connectivity index (χ4n) is 3.43. The maximum Gasteiger partial charge on any atom is 0.253 e. The van der Waals surface area contributed by atoms with E-state index in [0.717, 1.165) is 31.0 Å². The van der Waals surface area contributed by atoms with Gasteiger partial charge in [0.25, 0.3) is 5.91 Å². The van der Waals surface area contributed by atoms with E-state index >= 15 is 0 Å². The van der Waals surface area contributed by atoms with Gasteiger partial charge in [-0.1, -0.05) is 20.8 Å². The van der Waals surface area contributed by atoms with E-state index in [1.165, 1.54) is 0 Å². The third-order valence-electron chi connectivity index (χ3n) is 4.68. The highest BCUT2D eigenvalue weighted by molar-refractivity contribution is 5.96. The Hall–Kier alpha value is -1.86. The highest BCUT2D eigenvalue weighted by Crippen LogP contribution is 2.29. The number of carbonyl (C=O) groups excluding carboxylic acids is 1. The normalized spacial score (nSPS) is 16.8. The number of piperidine rings is 1. The quantitative estimate of drug-likeness (QED) is 0.853. The number of nitrogens with zero attached hydrogens (tertiary/aromatic N) is 4. The molecular formula is C18H29ClN6O. The van der Waals surface area contributed by atoms with E-state index < -0.39 is 5.54 Å². The number of aromatic nitrogens is 4. The molecular weight excluding hydrogens is 352 g/mol. The highest BCUT2D eigenvalue weighted by Gasteiger charge is 2.42. The topological polar surface area (TPSA) is 76.8 Å². The molecule has 1 aliphatic heterocycles. The van der Waals surface area contributed by atoms with E-state index in [1.807, 2.05) is 25.4 Å². The molecule has 0 spiro atoms. The number of hydrogen-bond donors (Lipinski definition) is 2. The maximum absolute atomic E-state index is 13.2. The van der Waals surface area contributed by atoms with Gasteiger partial charge >= 0.3 is 0 Å². The third-order valence-corrected chi connectivity index (χ3v) is 4.68. The van der Waals surface area contributed by atoms with Crippen molar-refractivity contribution in [3.8, 4) is 0 Å². The summed E-state index contributed by atoms with van der Waals surface area (Å²) < 4.78 is 3.55. The largest absolute Gasteiger partial charge is 0.317 e. The second kappa shape index (κ2) is 7.80. The maximum atomic E-state index is 13.2. The number of aryl methyl sites for hydroxylation is 1. The van der Waals surface area contributed by atoms with E-state index in [-0.39, 0.29) is 23.7 Å². The van der Waals surface area contributed by atoms with Crippen molar-refractivity contribution in [3.05, 3.63) is 30.2 Å².